The molecule has 0 bridgehead atoms. The molecular weight excluding hydrogens is 307 g/mol. The Hall–Kier alpha value is -1.23. The molecule has 1 aliphatic carbocycles. The van der Waals surface area contributed by atoms with E-state index in [9.17, 15) is 4.79 Å². The Morgan fingerprint density at radius 2 is 2.37 bits per heavy atom. The van der Waals surface area contributed by atoms with Crippen LogP contribution in [0.3, 0.4) is 0 Å². The van der Waals surface area contributed by atoms with E-state index in [0.717, 1.165) is 36.3 Å². The Balaban J connectivity index is 1.85. The number of carbonyl (C=O) groups is 1. The molecule has 1 amide bonds. The van der Waals surface area contributed by atoms with E-state index in [4.69, 9.17) is 5.73 Å². The maximum atomic E-state index is 12.5. The van der Waals surface area contributed by atoms with Crippen LogP contribution in [0.25, 0.3) is 0 Å². The molecule has 2 unspecified atom stereocenters. The summed E-state index contributed by atoms with van der Waals surface area (Å²) in [5.74, 6) is 0.000463. The molecule has 19 heavy (non-hydrogen) atoms. The molecule has 0 aromatic heterocycles. The van der Waals surface area contributed by atoms with Gasteiger partial charge in [-0.05, 0) is 0 Å². The Morgan fingerprint density at radius 3 is 3.11 bits per heavy atom. The number of nitrogens with one attached hydrogen (secondary N) is 1. The fourth-order valence-corrected chi connectivity index (χ4v) is 3.80. The van der Waals surface area contributed by atoms with Gasteiger partial charge in [0.1, 0.15) is 0 Å². The first-order valence-corrected chi connectivity index (χ1v) is 7.93. The third-order valence-electron chi connectivity index (χ3n) is 4.08. The quantitative estimate of drug-likeness (QED) is 0.833. The Labute approximate surface area is 117 Å². The van der Waals surface area contributed by atoms with E-state index in [1.807, 2.05) is 25.1 Å². The van der Waals surface area contributed by atoms with Crippen LogP contribution in [-0.2, 0) is 4.79 Å². The van der Waals surface area contributed by atoms with E-state index in [1.54, 1.807) is 0 Å². The number of rotatable bonds is 2. The van der Waals surface area contributed by atoms with Gasteiger partial charge in [0.15, 0.2) is 0 Å². The van der Waals surface area contributed by atoms with Crippen LogP contribution in [0.2, 0.25) is 0 Å². The zero-order chi connectivity index (χ0) is 13.5. The summed E-state index contributed by atoms with van der Waals surface area (Å²) in [6, 6.07) is 5.63. The first kappa shape index (κ1) is 12.8. The second kappa shape index (κ2) is 4.71. The molecule has 0 saturated heterocycles. The summed E-state index contributed by atoms with van der Waals surface area (Å²) in [6.45, 7) is 1.95. The van der Waals surface area contributed by atoms with E-state index < -0.39 is 5.41 Å². The van der Waals surface area contributed by atoms with Crippen LogP contribution in [0.4, 0.5) is 17.1 Å². The Bertz CT molecular complexity index is 609. The number of hydrogen-bond acceptors (Lipinski definition) is 4. The molecule has 0 spiro atoms. The van der Waals surface area contributed by atoms with E-state index >= 15 is 0 Å². The molecule has 1 aromatic rings. The topological polar surface area (TPSA) is 79.8 Å². The molecule has 3 rings (SSSR count). The number of fused-ring (bicyclic) bond motifs is 1. The van der Waals surface area contributed by atoms with Crippen molar-refractivity contribution in [3.63, 3.8) is 0 Å². The molecule has 2 aliphatic rings. The van der Waals surface area contributed by atoms with Crippen LogP contribution in [0.5, 0.6) is 0 Å². The zero-order valence-corrected chi connectivity index (χ0v) is 12.4. The first-order chi connectivity index (χ1) is 9.11. The van der Waals surface area contributed by atoms with Crippen LogP contribution in [0.15, 0.2) is 26.1 Å². The zero-order valence-electron chi connectivity index (χ0n) is 10.7. The summed E-state index contributed by atoms with van der Waals surface area (Å²) >= 11 is -0.0865. The molecule has 0 radical (unpaired) electrons. The SMILES string of the molecule is CC1(C(=O)Nc2cccc3c2N=[Se]=N3)CCCC1N. The van der Waals surface area contributed by atoms with Crippen molar-refractivity contribution in [2.75, 3.05) is 5.32 Å². The summed E-state index contributed by atoms with van der Waals surface area (Å²) in [4.78, 5) is 12.5. The van der Waals surface area contributed by atoms with Crippen molar-refractivity contribution in [1.29, 1.82) is 0 Å². The van der Waals surface area contributed by atoms with Crippen molar-refractivity contribution >= 4 is 37.5 Å². The van der Waals surface area contributed by atoms with Gasteiger partial charge >= 0.3 is 117 Å². The molecule has 1 aliphatic heterocycles. The van der Waals surface area contributed by atoms with Gasteiger partial charge in [0.05, 0.1) is 0 Å². The Kier molecular flexibility index (Phi) is 3.17. The number of benzene rings is 1. The third kappa shape index (κ3) is 2.10. The second-order valence-corrected chi connectivity index (χ2v) is 6.42. The average molecular weight is 323 g/mol. The Morgan fingerprint density at radius 1 is 1.53 bits per heavy atom. The van der Waals surface area contributed by atoms with Crippen LogP contribution in [0, 0.1) is 5.41 Å². The van der Waals surface area contributed by atoms with Crippen molar-refractivity contribution in [1.82, 2.24) is 0 Å². The van der Waals surface area contributed by atoms with E-state index in [2.05, 4.69) is 13.2 Å². The number of amides is 1. The summed E-state index contributed by atoms with van der Waals surface area (Å²) in [7, 11) is 0. The first-order valence-electron chi connectivity index (χ1n) is 6.39. The molecular formula is C13H16N4OSe. The van der Waals surface area contributed by atoms with E-state index in [0.29, 0.717) is 0 Å². The molecule has 100 valence electrons. The van der Waals surface area contributed by atoms with Gasteiger partial charge in [-0.2, -0.15) is 0 Å². The number of nitrogens with two attached hydrogens (primary N) is 1. The van der Waals surface area contributed by atoms with Gasteiger partial charge < -0.3 is 0 Å². The number of carbonyl (C=O) groups excluding carboxylic acids is 1. The molecule has 1 saturated carbocycles. The third-order valence-corrected chi connectivity index (χ3v) is 5.22. The summed E-state index contributed by atoms with van der Waals surface area (Å²) in [5.41, 5.74) is 8.05. The number of hydrogen-bond donors (Lipinski definition) is 2. The average Bonchev–Trinajstić information content (AvgIpc) is 2.99. The van der Waals surface area contributed by atoms with Crippen molar-refractivity contribution in [3.05, 3.63) is 18.2 Å². The molecule has 1 heterocycles. The van der Waals surface area contributed by atoms with E-state index in [1.165, 1.54) is 0 Å². The molecule has 1 aromatic carbocycles. The van der Waals surface area contributed by atoms with Gasteiger partial charge in [0, 0.05) is 0 Å². The molecule has 3 N–H and O–H groups in total. The minimum absolute atomic E-state index is 0.000463. The minimum atomic E-state index is -0.469. The molecule has 6 heteroatoms. The fraction of sp³-hybridized carbons (Fsp3) is 0.462. The van der Waals surface area contributed by atoms with E-state index in [-0.39, 0.29) is 26.5 Å². The van der Waals surface area contributed by atoms with Gasteiger partial charge in [-0.3, -0.25) is 0 Å². The number of nitrogens with zero attached hydrogens (tertiary/aromatic N) is 2. The predicted octanol–water partition coefficient (Wildman–Crippen LogP) is 2.49. The molecule has 5 nitrogen and oxygen atoms in total. The van der Waals surface area contributed by atoms with Crippen molar-refractivity contribution in [3.8, 4) is 0 Å². The van der Waals surface area contributed by atoms with Gasteiger partial charge in [-0.25, -0.2) is 0 Å². The van der Waals surface area contributed by atoms with Crippen molar-refractivity contribution in [2.24, 2.45) is 19.1 Å². The van der Waals surface area contributed by atoms with Crippen LogP contribution in [-0.4, -0.2) is 26.5 Å². The predicted molar refractivity (Wildman–Crippen MR) is 74.9 cm³/mol. The van der Waals surface area contributed by atoms with Crippen molar-refractivity contribution in [2.45, 2.75) is 32.2 Å². The summed E-state index contributed by atoms with van der Waals surface area (Å²) in [5, 5.41) is 2.99. The summed E-state index contributed by atoms with van der Waals surface area (Å²) in [6.07, 6.45) is 2.78. The van der Waals surface area contributed by atoms with Crippen molar-refractivity contribution < 1.29 is 4.79 Å². The molecule has 1 fully saturated rings. The van der Waals surface area contributed by atoms with Gasteiger partial charge in [-0.15, -0.1) is 0 Å². The second-order valence-electron chi connectivity index (χ2n) is 5.31. The summed E-state index contributed by atoms with van der Waals surface area (Å²) < 4.78 is 8.69. The standard InChI is InChI=1S/C13H16N4OSe/c1-13(7-3-6-10(13)14)12(18)15-8-4-2-5-9-11(8)17-19-16-9/h2,4-5,10H,3,6-7,14H2,1H3,(H,15,18). The monoisotopic (exact) mass is 324 g/mol. The van der Waals surface area contributed by atoms with Gasteiger partial charge in [0.2, 0.25) is 0 Å². The maximum absolute atomic E-state index is 12.5. The van der Waals surface area contributed by atoms with Crippen LogP contribution < -0.4 is 11.1 Å². The fourth-order valence-electron chi connectivity index (χ4n) is 2.65. The number of anilines is 1. The van der Waals surface area contributed by atoms with Gasteiger partial charge in [0.25, 0.3) is 0 Å². The molecule has 2 atom stereocenters. The normalized spacial score (nSPS) is 28.0. The van der Waals surface area contributed by atoms with Crippen LogP contribution in [0.1, 0.15) is 26.2 Å². The van der Waals surface area contributed by atoms with Crippen LogP contribution >= 0.6 is 0 Å². The van der Waals surface area contributed by atoms with Gasteiger partial charge in [-0.1, -0.05) is 0 Å².